The summed E-state index contributed by atoms with van der Waals surface area (Å²) in [5.74, 6) is -1.42. The summed E-state index contributed by atoms with van der Waals surface area (Å²) in [6.45, 7) is 17.0. The lowest BCUT2D eigenvalue weighted by molar-refractivity contribution is -0.148. The molecule has 186 valence electrons. The van der Waals surface area contributed by atoms with E-state index in [4.69, 9.17) is 0 Å². The Kier molecular flexibility index (Phi) is 7.48. The molecule has 8 heteroatoms. The highest BCUT2D eigenvalue weighted by Crippen LogP contribution is 2.38. The predicted molar refractivity (Wildman–Crippen MR) is 126 cm³/mol. The molecule has 0 saturated carbocycles. The maximum atomic E-state index is 12.7. The molecule has 8 nitrogen and oxygen atoms in total. The quantitative estimate of drug-likeness (QED) is 0.498. The number of aliphatic hydroxyl groups is 2. The number of carbonyl (C=O) groups excluding carboxylic acids is 2. The van der Waals surface area contributed by atoms with Gasteiger partial charge in [-0.2, -0.15) is 0 Å². The van der Waals surface area contributed by atoms with E-state index in [1.54, 1.807) is 0 Å². The van der Waals surface area contributed by atoms with Gasteiger partial charge in [0.05, 0.1) is 0 Å². The first-order valence-corrected chi connectivity index (χ1v) is 11.7. The van der Waals surface area contributed by atoms with Crippen molar-refractivity contribution in [3.63, 3.8) is 0 Å². The fourth-order valence-corrected chi connectivity index (χ4v) is 5.81. The van der Waals surface area contributed by atoms with Crippen molar-refractivity contribution in [2.24, 2.45) is 0 Å². The van der Waals surface area contributed by atoms with Crippen LogP contribution in [0.4, 0.5) is 0 Å². The Hall–Kier alpha value is -1.22. The van der Waals surface area contributed by atoms with E-state index in [0.717, 1.165) is 0 Å². The van der Waals surface area contributed by atoms with Crippen molar-refractivity contribution < 1.29 is 19.8 Å². The Balaban J connectivity index is 1.98. The number of likely N-dealkylation sites (tertiary alicyclic amines) is 2. The zero-order valence-corrected chi connectivity index (χ0v) is 21.7. The monoisotopic (exact) mass is 454 g/mol. The van der Waals surface area contributed by atoms with Crippen molar-refractivity contribution in [2.75, 3.05) is 14.1 Å². The summed E-state index contributed by atoms with van der Waals surface area (Å²) in [6.07, 6.45) is -0.761. The molecule has 2 rings (SSSR count). The Labute approximate surface area is 194 Å². The number of aliphatic hydroxyl groups excluding tert-OH is 2. The summed E-state index contributed by atoms with van der Waals surface area (Å²) in [5.41, 5.74) is -0.522. The molecular weight excluding hydrogens is 408 g/mol. The van der Waals surface area contributed by atoms with E-state index in [-0.39, 0.29) is 34.2 Å². The lowest BCUT2D eigenvalue weighted by Crippen LogP contribution is -2.64. The zero-order valence-electron chi connectivity index (χ0n) is 21.7. The predicted octanol–water partition coefficient (Wildman–Crippen LogP) is 1.24. The second kappa shape index (κ2) is 8.85. The van der Waals surface area contributed by atoms with Crippen molar-refractivity contribution >= 4 is 11.8 Å². The van der Waals surface area contributed by atoms with Gasteiger partial charge in [0.2, 0.25) is 0 Å². The fourth-order valence-electron chi connectivity index (χ4n) is 5.81. The molecule has 0 aliphatic carbocycles. The van der Waals surface area contributed by atoms with E-state index < -0.39 is 24.0 Å². The summed E-state index contributed by atoms with van der Waals surface area (Å²) in [6, 6.07) is -0.298. The van der Waals surface area contributed by atoms with Crippen LogP contribution < -0.4 is 10.6 Å². The third kappa shape index (κ3) is 5.64. The SMILES string of the molecule is CN1C(C)(C)CC(NC(=O)C(O)C(O)C(=O)NC2CC(C)(C)N(C)C(C)(C)C2)CC1(C)C. The number of nitrogens with zero attached hydrogens (tertiary/aromatic N) is 2. The number of piperidine rings is 2. The molecule has 2 unspecified atom stereocenters. The van der Waals surface area contributed by atoms with Gasteiger partial charge in [-0.1, -0.05) is 0 Å². The average molecular weight is 455 g/mol. The first-order valence-electron chi connectivity index (χ1n) is 11.7. The molecule has 32 heavy (non-hydrogen) atoms. The number of carbonyl (C=O) groups is 2. The number of amides is 2. The summed E-state index contributed by atoms with van der Waals surface area (Å²) in [7, 11) is 4.15. The van der Waals surface area contributed by atoms with Crippen LogP contribution in [0.25, 0.3) is 0 Å². The number of hydrogen-bond donors (Lipinski definition) is 4. The van der Waals surface area contributed by atoms with Crippen LogP contribution in [0.1, 0.15) is 81.1 Å². The third-order valence-corrected chi connectivity index (χ3v) is 8.14. The normalized spacial score (nSPS) is 28.0. The Morgan fingerprint density at radius 3 is 1.09 bits per heavy atom. The van der Waals surface area contributed by atoms with Gasteiger partial charge in [-0.25, -0.2) is 0 Å². The van der Waals surface area contributed by atoms with Crippen LogP contribution in [0.5, 0.6) is 0 Å². The summed E-state index contributed by atoms with van der Waals surface area (Å²) in [4.78, 5) is 30.0. The van der Waals surface area contributed by atoms with Gasteiger partial charge in [-0.05, 0) is 95.2 Å². The molecule has 2 saturated heterocycles. The van der Waals surface area contributed by atoms with Crippen LogP contribution in [0, 0.1) is 0 Å². The molecule has 0 aromatic carbocycles. The molecule has 2 aliphatic heterocycles. The molecular formula is C24H46N4O4. The van der Waals surface area contributed by atoms with E-state index >= 15 is 0 Å². The largest absolute Gasteiger partial charge is 0.380 e. The molecule has 0 aromatic rings. The van der Waals surface area contributed by atoms with E-state index in [0.29, 0.717) is 25.7 Å². The highest BCUT2D eigenvalue weighted by atomic mass is 16.3. The standard InChI is InChI=1S/C24H46N4O4/c1-21(2)11-15(12-22(3,4)27(21)9)25-19(31)17(29)18(30)20(32)26-16-13-23(5,6)28(10)24(7,8)14-16/h15-18,29-30H,11-14H2,1-10H3,(H,25,31)(H,26,32). The average Bonchev–Trinajstić information content (AvgIpc) is 2.61. The van der Waals surface area contributed by atoms with Gasteiger partial charge in [0.25, 0.3) is 11.8 Å². The number of hydrogen-bond acceptors (Lipinski definition) is 6. The van der Waals surface area contributed by atoms with Crippen molar-refractivity contribution in [2.45, 2.75) is 128 Å². The molecule has 0 bridgehead atoms. The van der Waals surface area contributed by atoms with Gasteiger partial charge in [0, 0.05) is 34.2 Å². The van der Waals surface area contributed by atoms with Crippen LogP contribution in [0.15, 0.2) is 0 Å². The topological polar surface area (TPSA) is 105 Å². The highest BCUT2D eigenvalue weighted by Gasteiger charge is 2.46. The Morgan fingerprint density at radius 1 is 0.656 bits per heavy atom. The van der Waals surface area contributed by atoms with Crippen molar-refractivity contribution in [3.8, 4) is 0 Å². The smallest absolute Gasteiger partial charge is 0.252 e. The van der Waals surface area contributed by atoms with Crippen molar-refractivity contribution in [1.82, 2.24) is 20.4 Å². The molecule has 2 fully saturated rings. The van der Waals surface area contributed by atoms with E-state index in [9.17, 15) is 19.8 Å². The van der Waals surface area contributed by atoms with Gasteiger partial charge in [0.1, 0.15) is 0 Å². The Bertz CT molecular complexity index is 623. The molecule has 0 aromatic heterocycles. The highest BCUT2D eigenvalue weighted by molar-refractivity contribution is 5.90. The molecule has 0 spiro atoms. The number of nitrogens with one attached hydrogen (secondary N) is 2. The van der Waals surface area contributed by atoms with Crippen LogP contribution in [-0.2, 0) is 9.59 Å². The lowest BCUT2D eigenvalue weighted by atomic mass is 9.77. The zero-order chi connectivity index (χ0) is 24.9. The second-order valence-corrected chi connectivity index (χ2v) is 12.5. The van der Waals surface area contributed by atoms with E-state index in [1.165, 1.54) is 0 Å². The summed E-state index contributed by atoms with van der Waals surface area (Å²) < 4.78 is 0. The fraction of sp³-hybridized carbons (Fsp3) is 0.917. The van der Waals surface area contributed by atoms with Crippen LogP contribution >= 0.6 is 0 Å². The molecule has 2 amide bonds. The van der Waals surface area contributed by atoms with Crippen molar-refractivity contribution in [3.05, 3.63) is 0 Å². The van der Waals surface area contributed by atoms with Crippen LogP contribution in [0.2, 0.25) is 0 Å². The molecule has 2 aliphatic rings. The molecule has 2 atom stereocenters. The van der Waals surface area contributed by atoms with Gasteiger partial charge in [-0.3, -0.25) is 19.4 Å². The Morgan fingerprint density at radius 2 is 0.875 bits per heavy atom. The first kappa shape index (κ1) is 27.0. The second-order valence-electron chi connectivity index (χ2n) is 12.5. The summed E-state index contributed by atoms with van der Waals surface area (Å²) >= 11 is 0. The van der Waals surface area contributed by atoms with Gasteiger partial charge < -0.3 is 20.8 Å². The van der Waals surface area contributed by atoms with Gasteiger partial charge in [0.15, 0.2) is 12.2 Å². The third-order valence-electron chi connectivity index (χ3n) is 8.14. The maximum Gasteiger partial charge on any atom is 0.252 e. The van der Waals surface area contributed by atoms with Crippen LogP contribution in [-0.4, -0.2) is 92.4 Å². The number of rotatable bonds is 5. The lowest BCUT2D eigenvalue weighted by Gasteiger charge is -2.54. The molecule has 2 heterocycles. The van der Waals surface area contributed by atoms with Crippen LogP contribution in [0.3, 0.4) is 0 Å². The molecule has 0 radical (unpaired) electrons. The van der Waals surface area contributed by atoms with Gasteiger partial charge in [-0.15, -0.1) is 0 Å². The first-order chi connectivity index (χ1) is 14.3. The minimum atomic E-state index is -1.81. The maximum absolute atomic E-state index is 12.7. The minimum absolute atomic E-state index is 0.131. The molecule has 4 N–H and O–H groups in total. The summed E-state index contributed by atoms with van der Waals surface area (Å²) in [5, 5.41) is 26.6. The minimum Gasteiger partial charge on any atom is -0.380 e. The van der Waals surface area contributed by atoms with Gasteiger partial charge >= 0.3 is 0 Å². The van der Waals surface area contributed by atoms with E-state index in [1.807, 2.05) is 0 Å². The van der Waals surface area contributed by atoms with Crippen molar-refractivity contribution in [1.29, 1.82) is 0 Å². The van der Waals surface area contributed by atoms with E-state index in [2.05, 4.69) is 89.9 Å².